The first kappa shape index (κ1) is 9.56. The summed E-state index contributed by atoms with van der Waals surface area (Å²) in [5.41, 5.74) is 0. The van der Waals surface area contributed by atoms with Crippen molar-refractivity contribution in [3.8, 4) is 0 Å². The molecule has 0 spiro atoms. The van der Waals surface area contributed by atoms with Gasteiger partial charge in [0.15, 0.2) is 0 Å². The molecule has 1 rings (SSSR count). The second-order valence-corrected chi connectivity index (χ2v) is 2.78. The SMILES string of the molecule is ClC1CCCC1.O=C(O)O. The third-order valence-corrected chi connectivity index (χ3v) is 1.72. The van der Waals surface area contributed by atoms with Gasteiger partial charge in [-0.2, -0.15) is 0 Å². The number of alkyl halides is 1. The van der Waals surface area contributed by atoms with Gasteiger partial charge in [0.2, 0.25) is 0 Å². The van der Waals surface area contributed by atoms with Crippen LogP contribution in [-0.4, -0.2) is 21.7 Å². The Morgan fingerprint density at radius 1 is 1.30 bits per heavy atom. The Morgan fingerprint density at radius 2 is 1.60 bits per heavy atom. The van der Waals surface area contributed by atoms with Gasteiger partial charge in [0.25, 0.3) is 0 Å². The number of halogens is 1. The molecule has 0 aromatic carbocycles. The molecule has 0 radical (unpaired) electrons. The van der Waals surface area contributed by atoms with E-state index in [0.717, 1.165) is 0 Å². The number of rotatable bonds is 0. The van der Waals surface area contributed by atoms with Crippen LogP contribution < -0.4 is 0 Å². The highest BCUT2D eigenvalue weighted by Gasteiger charge is 2.09. The van der Waals surface area contributed by atoms with Gasteiger partial charge in [0.1, 0.15) is 0 Å². The van der Waals surface area contributed by atoms with Crippen LogP contribution in [0.2, 0.25) is 0 Å². The van der Waals surface area contributed by atoms with Crippen LogP contribution >= 0.6 is 11.6 Å². The highest BCUT2D eigenvalue weighted by atomic mass is 35.5. The molecule has 1 fully saturated rings. The summed E-state index contributed by atoms with van der Waals surface area (Å²) in [6.45, 7) is 0. The summed E-state index contributed by atoms with van der Waals surface area (Å²) in [6.07, 6.45) is 3.38. The van der Waals surface area contributed by atoms with Crippen LogP contribution in [0, 0.1) is 0 Å². The van der Waals surface area contributed by atoms with E-state index in [1.54, 1.807) is 0 Å². The molecule has 4 heteroatoms. The van der Waals surface area contributed by atoms with Gasteiger partial charge >= 0.3 is 6.16 Å². The maximum atomic E-state index is 8.56. The summed E-state index contributed by atoms with van der Waals surface area (Å²) >= 11 is 5.71. The van der Waals surface area contributed by atoms with E-state index >= 15 is 0 Å². The minimum absolute atomic E-state index is 0.519. The van der Waals surface area contributed by atoms with E-state index in [4.69, 9.17) is 26.6 Å². The van der Waals surface area contributed by atoms with Crippen molar-refractivity contribution in [2.24, 2.45) is 0 Å². The molecule has 1 saturated carbocycles. The third-order valence-electron chi connectivity index (χ3n) is 1.28. The molecular weight excluding hydrogens is 156 g/mol. The fourth-order valence-corrected chi connectivity index (χ4v) is 1.18. The third kappa shape index (κ3) is 7.56. The van der Waals surface area contributed by atoms with Crippen LogP contribution in [0.5, 0.6) is 0 Å². The average Bonchev–Trinajstić information content (AvgIpc) is 2.15. The zero-order valence-electron chi connectivity index (χ0n) is 5.59. The van der Waals surface area contributed by atoms with Gasteiger partial charge in [-0.05, 0) is 12.8 Å². The topological polar surface area (TPSA) is 57.5 Å². The fraction of sp³-hybridized carbons (Fsp3) is 0.833. The molecule has 0 aromatic heterocycles. The quantitative estimate of drug-likeness (QED) is 0.544. The smallest absolute Gasteiger partial charge is 0.450 e. The van der Waals surface area contributed by atoms with Crippen molar-refractivity contribution in [1.29, 1.82) is 0 Å². The van der Waals surface area contributed by atoms with Gasteiger partial charge in [0.05, 0.1) is 0 Å². The Morgan fingerprint density at radius 3 is 1.70 bits per heavy atom. The average molecular weight is 167 g/mol. The first-order valence-corrected chi connectivity index (χ1v) is 3.62. The molecule has 0 aliphatic heterocycles. The van der Waals surface area contributed by atoms with Crippen molar-refractivity contribution in [2.45, 2.75) is 31.1 Å². The summed E-state index contributed by atoms with van der Waals surface area (Å²) in [5, 5.41) is 14.5. The summed E-state index contributed by atoms with van der Waals surface area (Å²) < 4.78 is 0. The molecule has 0 aromatic rings. The molecule has 0 amide bonds. The number of carbonyl (C=O) groups is 1. The van der Waals surface area contributed by atoms with Crippen LogP contribution in [0.3, 0.4) is 0 Å². The van der Waals surface area contributed by atoms with Crippen molar-refractivity contribution in [2.75, 3.05) is 0 Å². The van der Waals surface area contributed by atoms with Crippen LogP contribution in [0.15, 0.2) is 0 Å². The molecule has 0 heterocycles. The predicted octanol–water partition coefficient (Wildman–Crippen LogP) is 2.39. The van der Waals surface area contributed by atoms with Crippen molar-refractivity contribution in [1.82, 2.24) is 0 Å². The molecule has 0 unspecified atom stereocenters. The van der Waals surface area contributed by atoms with Crippen LogP contribution in [0.1, 0.15) is 25.7 Å². The fourth-order valence-electron chi connectivity index (χ4n) is 0.876. The highest BCUT2D eigenvalue weighted by molar-refractivity contribution is 6.20. The molecule has 10 heavy (non-hydrogen) atoms. The van der Waals surface area contributed by atoms with Crippen LogP contribution in [0.25, 0.3) is 0 Å². The Balaban J connectivity index is 0.000000180. The van der Waals surface area contributed by atoms with Crippen LogP contribution in [-0.2, 0) is 0 Å². The van der Waals surface area contributed by atoms with E-state index in [0.29, 0.717) is 5.38 Å². The lowest BCUT2D eigenvalue weighted by Gasteiger charge is -1.88. The largest absolute Gasteiger partial charge is 0.503 e. The Labute approximate surface area is 64.6 Å². The summed E-state index contributed by atoms with van der Waals surface area (Å²) in [7, 11) is 0. The van der Waals surface area contributed by atoms with Gasteiger partial charge in [-0.25, -0.2) is 4.79 Å². The number of hydrogen-bond acceptors (Lipinski definition) is 1. The van der Waals surface area contributed by atoms with Gasteiger partial charge in [-0.3, -0.25) is 0 Å². The standard InChI is InChI=1S/C5H9Cl.CH2O3/c6-5-3-1-2-4-5;2-1(3)4/h5H,1-4H2;(H2,2,3,4). The zero-order valence-corrected chi connectivity index (χ0v) is 6.34. The monoisotopic (exact) mass is 166 g/mol. The van der Waals surface area contributed by atoms with E-state index in [1.165, 1.54) is 25.7 Å². The molecule has 60 valence electrons. The summed E-state index contributed by atoms with van der Waals surface area (Å²) in [5.74, 6) is 0. The summed E-state index contributed by atoms with van der Waals surface area (Å²) in [6, 6.07) is 0. The van der Waals surface area contributed by atoms with Crippen molar-refractivity contribution in [3.05, 3.63) is 0 Å². The Hall–Kier alpha value is -0.440. The lowest BCUT2D eigenvalue weighted by Crippen LogP contribution is -1.83. The van der Waals surface area contributed by atoms with E-state index in [2.05, 4.69) is 0 Å². The van der Waals surface area contributed by atoms with E-state index in [9.17, 15) is 0 Å². The molecule has 1 aliphatic carbocycles. The van der Waals surface area contributed by atoms with Crippen molar-refractivity contribution >= 4 is 17.8 Å². The maximum Gasteiger partial charge on any atom is 0.503 e. The van der Waals surface area contributed by atoms with E-state index in [-0.39, 0.29) is 0 Å². The molecule has 0 atom stereocenters. The first-order valence-electron chi connectivity index (χ1n) is 3.19. The molecular formula is C6H11ClO3. The minimum Gasteiger partial charge on any atom is -0.450 e. The lowest BCUT2D eigenvalue weighted by atomic mass is 10.4. The number of hydrogen-bond donors (Lipinski definition) is 2. The van der Waals surface area contributed by atoms with E-state index in [1.807, 2.05) is 0 Å². The summed E-state index contributed by atoms with van der Waals surface area (Å²) in [4.78, 5) is 8.56. The van der Waals surface area contributed by atoms with Gasteiger partial charge in [0, 0.05) is 5.38 Å². The first-order chi connectivity index (χ1) is 4.63. The van der Waals surface area contributed by atoms with Crippen molar-refractivity contribution in [3.63, 3.8) is 0 Å². The Bertz CT molecular complexity index is 95.2. The van der Waals surface area contributed by atoms with E-state index < -0.39 is 6.16 Å². The van der Waals surface area contributed by atoms with Gasteiger partial charge < -0.3 is 10.2 Å². The van der Waals surface area contributed by atoms with Gasteiger partial charge in [-0.1, -0.05) is 12.8 Å². The zero-order chi connectivity index (χ0) is 7.98. The number of carboxylic acid groups (broad SMARTS) is 2. The molecule has 0 saturated heterocycles. The normalized spacial score (nSPS) is 17.7. The molecule has 3 nitrogen and oxygen atoms in total. The minimum atomic E-state index is -1.83. The highest BCUT2D eigenvalue weighted by Crippen LogP contribution is 2.22. The van der Waals surface area contributed by atoms with Crippen molar-refractivity contribution < 1.29 is 15.0 Å². The van der Waals surface area contributed by atoms with Gasteiger partial charge in [-0.15, -0.1) is 11.6 Å². The van der Waals surface area contributed by atoms with Crippen LogP contribution in [0.4, 0.5) is 4.79 Å². The molecule has 0 bridgehead atoms. The lowest BCUT2D eigenvalue weighted by molar-refractivity contribution is 0.137. The molecule has 1 aliphatic rings. The second-order valence-electron chi connectivity index (χ2n) is 2.16. The Kier molecular flexibility index (Phi) is 5.12. The second kappa shape index (κ2) is 5.35. The predicted molar refractivity (Wildman–Crippen MR) is 38.8 cm³/mol. The maximum absolute atomic E-state index is 8.56. The molecule has 2 N–H and O–H groups in total.